The van der Waals surface area contributed by atoms with E-state index in [9.17, 15) is 9.59 Å². The van der Waals surface area contributed by atoms with Gasteiger partial charge in [-0.25, -0.2) is 4.79 Å². The summed E-state index contributed by atoms with van der Waals surface area (Å²) in [6.07, 6.45) is 4.37. The summed E-state index contributed by atoms with van der Waals surface area (Å²) in [5, 5.41) is 11.5. The number of aliphatic carboxylic acids is 1. The molecule has 0 fully saturated rings. The molecular formula is C15H19NO3. The van der Waals surface area contributed by atoms with Crippen LogP contribution in [-0.4, -0.2) is 23.0 Å². The van der Waals surface area contributed by atoms with Crippen molar-refractivity contribution in [3.63, 3.8) is 0 Å². The fourth-order valence-electron chi connectivity index (χ4n) is 1.67. The molecule has 0 radical (unpaired) electrons. The first-order chi connectivity index (χ1) is 9.06. The zero-order valence-corrected chi connectivity index (χ0v) is 11.2. The largest absolute Gasteiger partial charge is 0.478 e. The Hall–Kier alpha value is -2.10. The Bertz CT molecular complexity index is 459. The van der Waals surface area contributed by atoms with E-state index in [2.05, 4.69) is 5.32 Å². The molecule has 0 saturated heterocycles. The molecule has 0 aliphatic heterocycles. The molecular weight excluding hydrogens is 242 g/mol. The fourth-order valence-corrected chi connectivity index (χ4v) is 1.67. The highest BCUT2D eigenvalue weighted by Crippen LogP contribution is 2.07. The first-order valence-corrected chi connectivity index (χ1v) is 6.38. The van der Waals surface area contributed by atoms with Crippen LogP contribution in [0.2, 0.25) is 0 Å². The Balaban J connectivity index is 2.70. The maximum Gasteiger partial charge on any atom is 0.328 e. The minimum absolute atomic E-state index is 0.0949. The molecule has 4 nitrogen and oxygen atoms in total. The van der Waals surface area contributed by atoms with E-state index in [1.165, 1.54) is 6.08 Å². The third kappa shape index (κ3) is 4.95. The second kappa shape index (κ2) is 7.36. The summed E-state index contributed by atoms with van der Waals surface area (Å²) in [5.41, 5.74) is 1.33. The predicted molar refractivity (Wildman–Crippen MR) is 74.9 cm³/mol. The van der Waals surface area contributed by atoms with Crippen molar-refractivity contribution in [3.8, 4) is 0 Å². The van der Waals surface area contributed by atoms with Crippen molar-refractivity contribution in [1.29, 1.82) is 0 Å². The van der Waals surface area contributed by atoms with Crippen LogP contribution in [0, 0.1) is 0 Å². The first kappa shape index (κ1) is 15.0. The number of hydrogen-bond donors (Lipinski definition) is 2. The van der Waals surface area contributed by atoms with Gasteiger partial charge in [0.25, 0.3) is 5.91 Å². The molecule has 4 heteroatoms. The van der Waals surface area contributed by atoms with Crippen LogP contribution in [0.25, 0.3) is 6.08 Å². The molecule has 0 bridgehead atoms. The molecule has 1 aromatic carbocycles. The maximum atomic E-state index is 11.9. The highest BCUT2D eigenvalue weighted by Gasteiger charge is 2.09. The number of nitrogens with one attached hydrogen (secondary N) is 1. The van der Waals surface area contributed by atoms with E-state index in [1.807, 2.05) is 13.8 Å². The van der Waals surface area contributed by atoms with Crippen LogP contribution in [0.3, 0.4) is 0 Å². The molecule has 0 saturated carbocycles. The van der Waals surface area contributed by atoms with Crippen molar-refractivity contribution < 1.29 is 14.7 Å². The van der Waals surface area contributed by atoms with E-state index in [4.69, 9.17) is 5.11 Å². The van der Waals surface area contributed by atoms with Gasteiger partial charge in [0.15, 0.2) is 0 Å². The lowest BCUT2D eigenvalue weighted by Gasteiger charge is -2.14. The monoisotopic (exact) mass is 261 g/mol. The highest BCUT2D eigenvalue weighted by molar-refractivity contribution is 5.94. The normalized spacial score (nSPS) is 10.9. The summed E-state index contributed by atoms with van der Waals surface area (Å²) in [5.74, 6) is -1.09. The molecule has 19 heavy (non-hydrogen) atoms. The maximum absolute atomic E-state index is 11.9. The van der Waals surface area contributed by atoms with Gasteiger partial charge in [-0.2, -0.15) is 0 Å². The number of carbonyl (C=O) groups is 2. The van der Waals surface area contributed by atoms with Crippen LogP contribution < -0.4 is 5.32 Å². The van der Waals surface area contributed by atoms with Gasteiger partial charge in [0.1, 0.15) is 0 Å². The number of carboxylic acid groups (broad SMARTS) is 1. The molecule has 0 atom stereocenters. The second-order valence-electron chi connectivity index (χ2n) is 4.28. The van der Waals surface area contributed by atoms with Crippen molar-refractivity contribution in [1.82, 2.24) is 5.32 Å². The van der Waals surface area contributed by atoms with Crippen molar-refractivity contribution in [3.05, 3.63) is 41.5 Å². The van der Waals surface area contributed by atoms with E-state index < -0.39 is 5.97 Å². The Morgan fingerprint density at radius 2 is 1.79 bits per heavy atom. The van der Waals surface area contributed by atoms with Gasteiger partial charge in [-0.15, -0.1) is 0 Å². The standard InChI is InChI=1S/C15H19NO3/c1-3-13(4-2)16-15(19)12-8-5-11(6-9-12)7-10-14(17)18/h5-10,13H,3-4H2,1-2H3,(H,16,19)(H,17,18)/b10-7+. The summed E-state index contributed by atoms with van der Waals surface area (Å²) in [6, 6.07) is 7.03. The van der Waals surface area contributed by atoms with E-state index in [0.717, 1.165) is 24.5 Å². The molecule has 102 valence electrons. The average molecular weight is 261 g/mol. The molecule has 1 aromatic rings. The van der Waals surface area contributed by atoms with Crippen LogP contribution in [0.4, 0.5) is 0 Å². The van der Waals surface area contributed by atoms with Gasteiger partial charge >= 0.3 is 5.97 Å². The molecule has 0 unspecified atom stereocenters. The summed E-state index contributed by atoms with van der Waals surface area (Å²) < 4.78 is 0. The molecule has 0 aliphatic rings. The van der Waals surface area contributed by atoms with E-state index in [0.29, 0.717) is 5.56 Å². The fraction of sp³-hybridized carbons (Fsp3) is 0.333. The Kier molecular flexibility index (Phi) is 5.79. The number of benzene rings is 1. The third-order valence-corrected chi connectivity index (χ3v) is 2.91. The number of hydrogen-bond acceptors (Lipinski definition) is 2. The lowest BCUT2D eigenvalue weighted by molar-refractivity contribution is -0.131. The molecule has 2 N–H and O–H groups in total. The summed E-state index contributed by atoms with van der Waals surface area (Å²) in [6.45, 7) is 4.07. The van der Waals surface area contributed by atoms with Crippen LogP contribution >= 0.6 is 0 Å². The SMILES string of the molecule is CCC(CC)NC(=O)c1ccc(/C=C/C(=O)O)cc1. The molecule has 0 aromatic heterocycles. The lowest BCUT2D eigenvalue weighted by atomic mass is 10.1. The van der Waals surface area contributed by atoms with Crippen molar-refractivity contribution in [2.75, 3.05) is 0 Å². The van der Waals surface area contributed by atoms with Crippen LogP contribution in [0.15, 0.2) is 30.3 Å². The van der Waals surface area contributed by atoms with Gasteiger partial charge < -0.3 is 10.4 Å². The van der Waals surface area contributed by atoms with Gasteiger partial charge in [-0.3, -0.25) is 4.79 Å². The van der Waals surface area contributed by atoms with Crippen LogP contribution in [-0.2, 0) is 4.79 Å². The van der Waals surface area contributed by atoms with Gasteiger partial charge in [0.2, 0.25) is 0 Å². The summed E-state index contributed by atoms with van der Waals surface area (Å²) in [4.78, 5) is 22.3. The van der Waals surface area contributed by atoms with Gasteiger partial charge in [0, 0.05) is 17.7 Å². The van der Waals surface area contributed by atoms with Gasteiger partial charge in [-0.05, 0) is 36.6 Å². The highest BCUT2D eigenvalue weighted by atomic mass is 16.4. The lowest BCUT2D eigenvalue weighted by Crippen LogP contribution is -2.33. The van der Waals surface area contributed by atoms with Crippen LogP contribution in [0.5, 0.6) is 0 Å². The van der Waals surface area contributed by atoms with Crippen molar-refractivity contribution >= 4 is 18.0 Å². The van der Waals surface area contributed by atoms with Crippen molar-refractivity contribution in [2.24, 2.45) is 0 Å². The van der Waals surface area contributed by atoms with Crippen LogP contribution in [0.1, 0.15) is 42.6 Å². The Morgan fingerprint density at radius 3 is 2.26 bits per heavy atom. The minimum atomic E-state index is -0.990. The molecule has 0 spiro atoms. The number of carbonyl (C=O) groups excluding carboxylic acids is 1. The molecule has 0 aliphatic carbocycles. The summed E-state index contributed by atoms with van der Waals surface area (Å²) >= 11 is 0. The Morgan fingerprint density at radius 1 is 1.21 bits per heavy atom. The van der Waals surface area contributed by atoms with E-state index in [1.54, 1.807) is 24.3 Å². The quantitative estimate of drug-likeness (QED) is 0.774. The number of rotatable bonds is 6. The molecule has 1 rings (SSSR count). The van der Waals surface area contributed by atoms with Gasteiger partial charge in [-0.1, -0.05) is 26.0 Å². The Labute approximate surface area is 113 Å². The predicted octanol–water partition coefficient (Wildman–Crippen LogP) is 2.70. The smallest absolute Gasteiger partial charge is 0.328 e. The zero-order chi connectivity index (χ0) is 14.3. The average Bonchev–Trinajstić information content (AvgIpc) is 2.42. The molecule has 1 amide bonds. The van der Waals surface area contributed by atoms with Crippen molar-refractivity contribution in [2.45, 2.75) is 32.7 Å². The summed E-state index contributed by atoms with van der Waals surface area (Å²) in [7, 11) is 0. The molecule has 0 heterocycles. The number of carboxylic acids is 1. The minimum Gasteiger partial charge on any atom is -0.478 e. The van der Waals surface area contributed by atoms with E-state index in [-0.39, 0.29) is 11.9 Å². The van der Waals surface area contributed by atoms with Gasteiger partial charge in [0.05, 0.1) is 0 Å². The first-order valence-electron chi connectivity index (χ1n) is 6.38. The third-order valence-electron chi connectivity index (χ3n) is 2.91. The second-order valence-corrected chi connectivity index (χ2v) is 4.28. The number of amides is 1. The zero-order valence-electron chi connectivity index (χ0n) is 11.2. The topological polar surface area (TPSA) is 66.4 Å². The van der Waals surface area contributed by atoms with E-state index >= 15 is 0 Å².